The zero-order valence-corrected chi connectivity index (χ0v) is 14.2. The summed E-state index contributed by atoms with van der Waals surface area (Å²) in [5.41, 5.74) is 0.665. The second kappa shape index (κ2) is 7.92. The van der Waals surface area contributed by atoms with Gasteiger partial charge in [-0.2, -0.15) is 0 Å². The predicted octanol–water partition coefficient (Wildman–Crippen LogP) is 3.15. The Labute approximate surface area is 129 Å². The number of hydrogen-bond acceptors (Lipinski definition) is 3. The predicted molar refractivity (Wildman–Crippen MR) is 86.1 cm³/mol. The van der Waals surface area contributed by atoms with Crippen molar-refractivity contribution in [3.63, 3.8) is 0 Å². The number of hydrogen-bond donors (Lipinski definition) is 1. The molecule has 106 valence electrons. The number of rotatable bonds is 6. The van der Waals surface area contributed by atoms with Crippen molar-refractivity contribution in [2.45, 2.75) is 18.2 Å². The fourth-order valence-corrected chi connectivity index (χ4v) is 2.68. The Morgan fingerprint density at radius 3 is 2.53 bits per heavy atom. The molecular weight excluding hydrogens is 324 g/mol. The van der Waals surface area contributed by atoms with Crippen molar-refractivity contribution < 1.29 is 4.79 Å². The zero-order chi connectivity index (χ0) is 14.4. The van der Waals surface area contributed by atoms with E-state index in [0.29, 0.717) is 10.5 Å². The van der Waals surface area contributed by atoms with Crippen molar-refractivity contribution in [3.8, 4) is 0 Å². The molecule has 0 aromatic heterocycles. The molecule has 0 N–H and O–H groups in total. The number of thiol groups is 1. The van der Waals surface area contributed by atoms with Gasteiger partial charge in [-0.1, -0.05) is 15.9 Å². The van der Waals surface area contributed by atoms with Crippen LogP contribution < -0.4 is 0 Å². The summed E-state index contributed by atoms with van der Waals surface area (Å²) in [7, 11) is 4.08. The Morgan fingerprint density at radius 1 is 1.32 bits per heavy atom. The molecule has 19 heavy (non-hydrogen) atoms. The van der Waals surface area contributed by atoms with E-state index in [4.69, 9.17) is 0 Å². The summed E-state index contributed by atoms with van der Waals surface area (Å²) < 4.78 is 0.935. The Bertz CT molecular complexity index is 437. The lowest BCUT2D eigenvalue weighted by Crippen LogP contribution is -2.33. The molecule has 0 bridgehead atoms. The minimum absolute atomic E-state index is 0.0544. The lowest BCUT2D eigenvalue weighted by molar-refractivity contribution is 0.0756. The van der Waals surface area contributed by atoms with E-state index in [0.717, 1.165) is 30.5 Å². The molecule has 1 amide bonds. The van der Waals surface area contributed by atoms with Crippen LogP contribution in [-0.2, 0) is 0 Å². The van der Waals surface area contributed by atoms with Gasteiger partial charge < -0.3 is 9.80 Å². The van der Waals surface area contributed by atoms with Gasteiger partial charge in [0.05, 0.1) is 5.56 Å². The van der Waals surface area contributed by atoms with Crippen LogP contribution in [0.1, 0.15) is 23.7 Å². The van der Waals surface area contributed by atoms with Gasteiger partial charge in [-0.25, -0.2) is 0 Å². The van der Waals surface area contributed by atoms with Crippen LogP contribution >= 0.6 is 28.6 Å². The Morgan fingerprint density at radius 2 is 2.00 bits per heavy atom. The van der Waals surface area contributed by atoms with Gasteiger partial charge in [-0.3, -0.25) is 4.79 Å². The SMILES string of the molecule is CCN(CCCN(C)C)C(=O)c1ccc(Br)cc1S. The van der Waals surface area contributed by atoms with E-state index in [1.165, 1.54) is 0 Å². The van der Waals surface area contributed by atoms with E-state index in [9.17, 15) is 4.79 Å². The molecule has 0 saturated carbocycles. The number of amides is 1. The number of carbonyl (C=O) groups excluding carboxylic acids is 1. The molecular formula is C14H21BrN2OS. The molecule has 3 nitrogen and oxygen atoms in total. The summed E-state index contributed by atoms with van der Waals surface area (Å²) in [6, 6.07) is 5.55. The smallest absolute Gasteiger partial charge is 0.254 e. The van der Waals surface area contributed by atoms with E-state index in [1.807, 2.05) is 44.1 Å². The number of benzene rings is 1. The quantitative estimate of drug-likeness (QED) is 0.801. The zero-order valence-electron chi connectivity index (χ0n) is 11.7. The Kier molecular flexibility index (Phi) is 6.89. The van der Waals surface area contributed by atoms with Crippen molar-refractivity contribution in [1.82, 2.24) is 9.80 Å². The van der Waals surface area contributed by atoms with E-state index in [2.05, 4.69) is 33.5 Å². The molecule has 0 atom stereocenters. The first-order chi connectivity index (χ1) is 8.95. The molecule has 0 saturated heterocycles. The van der Waals surface area contributed by atoms with Gasteiger partial charge in [-0.15, -0.1) is 12.6 Å². The van der Waals surface area contributed by atoms with Gasteiger partial charge >= 0.3 is 0 Å². The molecule has 0 aliphatic carbocycles. The van der Waals surface area contributed by atoms with Gasteiger partial charge in [0.1, 0.15) is 0 Å². The highest BCUT2D eigenvalue weighted by molar-refractivity contribution is 9.10. The minimum Gasteiger partial charge on any atom is -0.339 e. The van der Waals surface area contributed by atoms with Crippen molar-refractivity contribution in [3.05, 3.63) is 28.2 Å². The van der Waals surface area contributed by atoms with Crippen LogP contribution in [0.4, 0.5) is 0 Å². The Hall–Kier alpha value is -0.520. The second-order valence-corrected chi connectivity index (χ2v) is 6.10. The third kappa shape index (κ3) is 5.16. The summed E-state index contributed by atoms with van der Waals surface area (Å²) in [6.45, 7) is 4.48. The molecule has 0 aliphatic heterocycles. The van der Waals surface area contributed by atoms with E-state index < -0.39 is 0 Å². The lowest BCUT2D eigenvalue weighted by atomic mass is 10.2. The summed E-state index contributed by atoms with van der Waals surface area (Å²) in [5, 5.41) is 0. The van der Waals surface area contributed by atoms with Crippen LogP contribution in [0.3, 0.4) is 0 Å². The van der Waals surface area contributed by atoms with E-state index in [-0.39, 0.29) is 5.91 Å². The standard InChI is InChI=1S/C14H21BrN2OS/c1-4-17(9-5-8-16(2)3)14(18)12-7-6-11(15)10-13(12)19/h6-7,10,19H,4-5,8-9H2,1-3H3. The molecule has 0 spiro atoms. The molecule has 5 heteroatoms. The molecule has 1 aromatic rings. The summed E-state index contributed by atoms with van der Waals surface area (Å²) in [4.78, 5) is 17.1. The maximum absolute atomic E-state index is 12.4. The topological polar surface area (TPSA) is 23.6 Å². The van der Waals surface area contributed by atoms with Crippen LogP contribution in [0.2, 0.25) is 0 Å². The molecule has 1 aromatic carbocycles. The van der Waals surface area contributed by atoms with Gasteiger partial charge in [0.2, 0.25) is 0 Å². The maximum atomic E-state index is 12.4. The summed E-state index contributed by atoms with van der Waals surface area (Å²) >= 11 is 7.76. The van der Waals surface area contributed by atoms with Crippen molar-refractivity contribution in [2.24, 2.45) is 0 Å². The van der Waals surface area contributed by atoms with Crippen LogP contribution in [-0.4, -0.2) is 49.4 Å². The molecule has 0 aliphatic rings. The first-order valence-electron chi connectivity index (χ1n) is 6.38. The van der Waals surface area contributed by atoms with E-state index in [1.54, 1.807) is 0 Å². The third-order valence-electron chi connectivity index (χ3n) is 2.89. The number of nitrogens with zero attached hydrogens (tertiary/aromatic N) is 2. The average Bonchev–Trinajstić information content (AvgIpc) is 2.33. The van der Waals surface area contributed by atoms with Crippen LogP contribution in [0.25, 0.3) is 0 Å². The van der Waals surface area contributed by atoms with Crippen molar-refractivity contribution in [2.75, 3.05) is 33.7 Å². The van der Waals surface area contributed by atoms with Crippen LogP contribution in [0.15, 0.2) is 27.6 Å². The van der Waals surface area contributed by atoms with Gasteiger partial charge in [0, 0.05) is 22.5 Å². The molecule has 1 rings (SSSR count). The maximum Gasteiger partial charge on any atom is 0.254 e. The van der Waals surface area contributed by atoms with Crippen LogP contribution in [0, 0.1) is 0 Å². The first kappa shape index (κ1) is 16.5. The lowest BCUT2D eigenvalue weighted by Gasteiger charge is -2.22. The highest BCUT2D eigenvalue weighted by atomic mass is 79.9. The normalized spacial score (nSPS) is 10.8. The van der Waals surface area contributed by atoms with Gasteiger partial charge in [-0.05, 0) is 52.2 Å². The van der Waals surface area contributed by atoms with Crippen LogP contribution in [0.5, 0.6) is 0 Å². The molecule has 0 heterocycles. The minimum atomic E-state index is 0.0544. The fraction of sp³-hybridized carbons (Fsp3) is 0.500. The Balaban J connectivity index is 2.72. The average molecular weight is 345 g/mol. The number of halogens is 1. The highest BCUT2D eigenvalue weighted by Gasteiger charge is 2.16. The number of carbonyl (C=O) groups is 1. The summed E-state index contributed by atoms with van der Waals surface area (Å²) in [6.07, 6.45) is 0.977. The monoisotopic (exact) mass is 344 g/mol. The van der Waals surface area contributed by atoms with Gasteiger partial charge in [0.15, 0.2) is 0 Å². The largest absolute Gasteiger partial charge is 0.339 e. The van der Waals surface area contributed by atoms with Crippen molar-refractivity contribution >= 4 is 34.5 Å². The first-order valence-corrected chi connectivity index (χ1v) is 7.62. The highest BCUT2D eigenvalue weighted by Crippen LogP contribution is 2.21. The molecule has 0 fully saturated rings. The van der Waals surface area contributed by atoms with Gasteiger partial charge in [0.25, 0.3) is 5.91 Å². The second-order valence-electron chi connectivity index (χ2n) is 4.70. The van der Waals surface area contributed by atoms with E-state index >= 15 is 0 Å². The third-order valence-corrected chi connectivity index (χ3v) is 3.76. The van der Waals surface area contributed by atoms with Crippen molar-refractivity contribution in [1.29, 1.82) is 0 Å². The fourth-order valence-electron chi connectivity index (χ4n) is 1.84. The molecule has 0 radical (unpaired) electrons. The summed E-state index contributed by atoms with van der Waals surface area (Å²) in [5.74, 6) is 0.0544. The molecule has 0 unspecified atom stereocenters.